The molecule has 8 heteroatoms. The van der Waals surface area contributed by atoms with E-state index in [-0.39, 0.29) is 4.90 Å². The zero-order valence-electron chi connectivity index (χ0n) is 13.9. The fourth-order valence-electron chi connectivity index (χ4n) is 2.80. The van der Waals surface area contributed by atoms with Crippen LogP contribution in [0.2, 0.25) is 5.02 Å². The van der Waals surface area contributed by atoms with Crippen LogP contribution < -0.4 is 15.4 Å². The molecule has 0 aliphatic carbocycles. The summed E-state index contributed by atoms with van der Waals surface area (Å²) in [5.41, 5.74) is 7.87. The van der Waals surface area contributed by atoms with Gasteiger partial charge in [-0.15, -0.1) is 0 Å². The topological polar surface area (TPSA) is 78.7 Å². The third kappa shape index (κ3) is 4.18. The first-order valence-electron chi connectivity index (χ1n) is 7.96. The normalized spacial score (nSPS) is 16.0. The number of nitrogens with two attached hydrogens (primary N) is 1. The number of hydrogen-bond donors (Lipinski definition) is 2. The quantitative estimate of drug-likeness (QED) is 0.796. The number of nitrogens with zero attached hydrogens (tertiary/aromatic N) is 2. The van der Waals surface area contributed by atoms with Crippen molar-refractivity contribution in [2.45, 2.75) is 4.90 Å². The van der Waals surface area contributed by atoms with Gasteiger partial charge < -0.3 is 15.5 Å². The van der Waals surface area contributed by atoms with Gasteiger partial charge >= 0.3 is 0 Å². The predicted molar refractivity (Wildman–Crippen MR) is 103 cm³/mol. The highest BCUT2D eigenvalue weighted by atomic mass is 35.5. The second kappa shape index (κ2) is 7.11. The predicted octanol–water partition coefficient (Wildman–Crippen LogP) is 2.47. The lowest BCUT2D eigenvalue weighted by atomic mass is 10.2. The number of piperazine rings is 1. The van der Waals surface area contributed by atoms with Crippen LogP contribution in [0.25, 0.3) is 0 Å². The number of likely N-dealkylation sites (N-methyl/N-ethyl adjacent to an activating group) is 1. The van der Waals surface area contributed by atoms with E-state index in [4.69, 9.17) is 17.3 Å². The Morgan fingerprint density at radius 3 is 2.44 bits per heavy atom. The van der Waals surface area contributed by atoms with Gasteiger partial charge in [-0.1, -0.05) is 17.7 Å². The smallest absolute Gasteiger partial charge is 0.261 e. The largest absolute Gasteiger partial charge is 0.397 e. The maximum Gasteiger partial charge on any atom is 0.261 e. The molecule has 1 aliphatic rings. The number of rotatable bonds is 4. The lowest BCUT2D eigenvalue weighted by Gasteiger charge is -2.34. The number of anilines is 3. The summed E-state index contributed by atoms with van der Waals surface area (Å²) in [5, 5.41) is 0.463. The Morgan fingerprint density at radius 2 is 1.80 bits per heavy atom. The molecule has 0 aromatic heterocycles. The maximum atomic E-state index is 12.6. The molecule has 1 heterocycles. The van der Waals surface area contributed by atoms with Gasteiger partial charge in [0.05, 0.1) is 22.0 Å². The summed E-state index contributed by atoms with van der Waals surface area (Å²) in [7, 11) is -1.64. The van der Waals surface area contributed by atoms with Gasteiger partial charge in [-0.2, -0.15) is 0 Å². The van der Waals surface area contributed by atoms with Crippen LogP contribution in [0, 0.1) is 0 Å². The van der Waals surface area contributed by atoms with Crippen molar-refractivity contribution in [3.63, 3.8) is 0 Å². The van der Waals surface area contributed by atoms with Crippen molar-refractivity contribution >= 4 is 38.7 Å². The van der Waals surface area contributed by atoms with Gasteiger partial charge in [-0.3, -0.25) is 4.72 Å². The molecule has 0 amide bonds. The summed E-state index contributed by atoms with van der Waals surface area (Å²) >= 11 is 5.90. The fourth-order valence-corrected chi connectivity index (χ4v) is 4.08. The molecule has 25 heavy (non-hydrogen) atoms. The van der Waals surface area contributed by atoms with Crippen LogP contribution in [0.5, 0.6) is 0 Å². The highest BCUT2D eigenvalue weighted by Crippen LogP contribution is 2.28. The summed E-state index contributed by atoms with van der Waals surface area (Å²) < 4.78 is 27.7. The Balaban J connectivity index is 1.81. The lowest BCUT2D eigenvalue weighted by Crippen LogP contribution is -2.44. The van der Waals surface area contributed by atoms with Gasteiger partial charge in [0, 0.05) is 31.2 Å². The monoisotopic (exact) mass is 380 g/mol. The Bertz CT molecular complexity index is 865. The molecule has 0 unspecified atom stereocenters. The summed E-state index contributed by atoms with van der Waals surface area (Å²) in [6.45, 7) is 3.65. The molecule has 2 aromatic rings. The highest BCUT2D eigenvalue weighted by Gasteiger charge is 2.20. The minimum Gasteiger partial charge on any atom is -0.397 e. The average molecular weight is 381 g/mol. The SMILES string of the molecule is CN1CCN(c2ccc(S(=O)(=O)Nc3cccc(Cl)c3)cc2N)CC1. The molecule has 0 atom stereocenters. The van der Waals surface area contributed by atoms with E-state index in [1.54, 1.807) is 36.4 Å². The Kier molecular flexibility index (Phi) is 5.08. The third-order valence-corrected chi connectivity index (χ3v) is 5.84. The van der Waals surface area contributed by atoms with E-state index in [0.29, 0.717) is 16.4 Å². The lowest BCUT2D eigenvalue weighted by molar-refractivity contribution is 0.313. The number of nitrogens with one attached hydrogen (secondary N) is 1. The van der Waals surface area contributed by atoms with Gasteiger partial charge in [0.2, 0.25) is 0 Å². The second-order valence-electron chi connectivity index (χ2n) is 6.13. The Labute approximate surface area is 153 Å². The zero-order valence-corrected chi connectivity index (χ0v) is 15.5. The van der Waals surface area contributed by atoms with Crippen molar-refractivity contribution in [2.75, 3.05) is 48.6 Å². The number of halogens is 1. The first-order valence-corrected chi connectivity index (χ1v) is 9.83. The minimum atomic E-state index is -3.72. The van der Waals surface area contributed by atoms with E-state index in [2.05, 4.69) is 21.6 Å². The highest BCUT2D eigenvalue weighted by molar-refractivity contribution is 7.92. The minimum absolute atomic E-state index is 0.128. The van der Waals surface area contributed by atoms with Crippen molar-refractivity contribution in [1.82, 2.24) is 4.90 Å². The molecule has 1 aliphatic heterocycles. The van der Waals surface area contributed by atoms with E-state index >= 15 is 0 Å². The Morgan fingerprint density at radius 1 is 1.08 bits per heavy atom. The molecule has 1 saturated heterocycles. The summed E-state index contributed by atoms with van der Waals surface area (Å²) in [6, 6.07) is 11.4. The molecule has 3 rings (SSSR count). The molecule has 6 nitrogen and oxygen atoms in total. The zero-order chi connectivity index (χ0) is 18.0. The van der Waals surface area contributed by atoms with Crippen LogP contribution in [0.4, 0.5) is 17.1 Å². The van der Waals surface area contributed by atoms with Crippen LogP contribution in [-0.4, -0.2) is 46.5 Å². The average Bonchev–Trinajstić information content (AvgIpc) is 2.55. The van der Waals surface area contributed by atoms with Crippen molar-refractivity contribution in [3.05, 3.63) is 47.5 Å². The molecule has 0 bridgehead atoms. The Hall–Kier alpha value is -1.96. The number of nitrogen functional groups attached to an aromatic ring is 1. The number of sulfonamides is 1. The third-order valence-electron chi connectivity index (χ3n) is 4.23. The number of benzene rings is 2. The molecule has 0 saturated carbocycles. The molecule has 0 radical (unpaired) electrons. The van der Waals surface area contributed by atoms with E-state index in [1.807, 2.05) is 0 Å². The molecular weight excluding hydrogens is 360 g/mol. The molecule has 134 valence electrons. The van der Waals surface area contributed by atoms with Gasteiger partial charge in [-0.25, -0.2) is 8.42 Å². The van der Waals surface area contributed by atoms with Gasteiger partial charge in [-0.05, 0) is 43.4 Å². The van der Waals surface area contributed by atoms with Crippen molar-refractivity contribution in [1.29, 1.82) is 0 Å². The van der Waals surface area contributed by atoms with Crippen molar-refractivity contribution in [2.24, 2.45) is 0 Å². The van der Waals surface area contributed by atoms with Crippen LogP contribution in [0.3, 0.4) is 0 Å². The first-order chi connectivity index (χ1) is 11.8. The van der Waals surface area contributed by atoms with Gasteiger partial charge in [0.15, 0.2) is 0 Å². The summed E-state index contributed by atoms with van der Waals surface area (Å²) in [5.74, 6) is 0. The second-order valence-corrected chi connectivity index (χ2v) is 8.25. The molecule has 3 N–H and O–H groups in total. The molecular formula is C17H21ClN4O2S. The first kappa shape index (κ1) is 17.8. The maximum absolute atomic E-state index is 12.6. The van der Waals surface area contributed by atoms with Gasteiger partial charge in [0.25, 0.3) is 10.0 Å². The van der Waals surface area contributed by atoms with E-state index < -0.39 is 10.0 Å². The molecule has 1 fully saturated rings. The molecule has 2 aromatic carbocycles. The van der Waals surface area contributed by atoms with Crippen molar-refractivity contribution in [3.8, 4) is 0 Å². The van der Waals surface area contributed by atoms with Crippen LogP contribution in [-0.2, 0) is 10.0 Å². The summed E-state index contributed by atoms with van der Waals surface area (Å²) in [4.78, 5) is 4.55. The van der Waals surface area contributed by atoms with E-state index in [1.165, 1.54) is 6.07 Å². The van der Waals surface area contributed by atoms with Crippen LogP contribution in [0.15, 0.2) is 47.4 Å². The number of hydrogen-bond acceptors (Lipinski definition) is 5. The van der Waals surface area contributed by atoms with Crippen LogP contribution >= 0.6 is 11.6 Å². The van der Waals surface area contributed by atoms with E-state index in [9.17, 15) is 8.42 Å². The fraction of sp³-hybridized carbons (Fsp3) is 0.294. The van der Waals surface area contributed by atoms with Crippen LogP contribution in [0.1, 0.15) is 0 Å². The summed E-state index contributed by atoms with van der Waals surface area (Å²) in [6.07, 6.45) is 0. The van der Waals surface area contributed by atoms with Gasteiger partial charge in [0.1, 0.15) is 0 Å². The standard InChI is InChI=1S/C17H21ClN4O2S/c1-21-7-9-22(10-8-21)17-6-5-15(12-16(17)19)25(23,24)20-14-4-2-3-13(18)11-14/h2-6,11-12,20H,7-10,19H2,1H3. The molecule has 0 spiro atoms. The van der Waals surface area contributed by atoms with E-state index in [0.717, 1.165) is 31.9 Å². The van der Waals surface area contributed by atoms with Crippen molar-refractivity contribution < 1.29 is 8.42 Å².